The van der Waals surface area contributed by atoms with Gasteiger partial charge in [0.25, 0.3) is 0 Å². The molecule has 2 aromatic heterocycles. The number of methoxy groups -OCH3 is 1. The quantitative estimate of drug-likeness (QED) is 0.395. The lowest BCUT2D eigenvalue weighted by atomic mass is 9.86. The summed E-state index contributed by atoms with van der Waals surface area (Å²) in [5, 5.41) is 19.1. The molecule has 1 saturated carbocycles. The molecule has 1 saturated heterocycles. The van der Waals surface area contributed by atoms with E-state index in [2.05, 4.69) is 26.9 Å². The Kier molecular flexibility index (Phi) is 5.48. The molecular weight excluding hydrogens is 449 g/mol. The number of nitrogens with one attached hydrogen (secondary N) is 1. The molecule has 1 aliphatic carbocycles. The van der Waals surface area contributed by atoms with Crippen LogP contribution < -0.4 is 4.74 Å². The Bertz CT molecular complexity index is 1420. The molecule has 1 unspecified atom stereocenters. The lowest BCUT2D eigenvalue weighted by Crippen LogP contribution is -2.19. The normalized spacial score (nSPS) is 21.2. The number of hydrogen-bond donors (Lipinski definition) is 2. The van der Waals surface area contributed by atoms with Crippen LogP contribution in [0.3, 0.4) is 0 Å². The second kappa shape index (κ2) is 8.68. The number of nitrogens with zero attached hydrogens (tertiary/aromatic N) is 2. The van der Waals surface area contributed by atoms with Crippen molar-refractivity contribution in [3.8, 4) is 11.4 Å². The molecule has 1 aliphatic heterocycles. The zero-order chi connectivity index (χ0) is 24.1. The average Bonchev–Trinajstić information content (AvgIpc) is 3.60. The number of carbonyl (C=O) groups is 1. The SMILES string of the molecule is COc1cc(-n2c(C3CCOCC3)c([C@@H]3CCC(C(=O)O)C3)c3cc4[nH]ncc4cc32)ccc1F. The highest BCUT2D eigenvalue weighted by molar-refractivity contribution is 5.99. The third-order valence-corrected chi connectivity index (χ3v) is 7.80. The third kappa shape index (κ3) is 3.67. The van der Waals surface area contributed by atoms with Crippen molar-refractivity contribution in [2.75, 3.05) is 20.3 Å². The van der Waals surface area contributed by atoms with Gasteiger partial charge >= 0.3 is 5.97 Å². The predicted molar refractivity (Wildman–Crippen MR) is 130 cm³/mol. The second-order valence-electron chi connectivity index (χ2n) is 9.71. The highest BCUT2D eigenvalue weighted by atomic mass is 19.1. The van der Waals surface area contributed by atoms with Gasteiger partial charge in [-0.2, -0.15) is 5.10 Å². The number of aromatic amines is 1. The van der Waals surface area contributed by atoms with E-state index in [1.807, 2.05) is 0 Å². The number of aromatic nitrogens is 3. The first-order valence-electron chi connectivity index (χ1n) is 12.2. The topological polar surface area (TPSA) is 89.4 Å². The Labute approximate surface area is 201 Å². The highest BCUT2D eigenvalue weighted by Gasteiger charge is 2.37. The summed E-state index contributed by atoms with van der Waals surface area (Å²) in [5.41, 5.74) is 5.20. The molecule has 2 N–H and O–H groups in total. The zero-order valence-electron chi connectivity index (χ0n) is 19.6. The second-order valence-corrected chi connectivity index (χ2v) is 9.71. The maximum Gasteiger partial charge on any atom is 0.306 e. The Morgan fingerprint density at radius 2 is 2.00 bits per heavy atom. The maximum absolute atomic E-state index is 14.4. The molecule has 182 valence electrons. The summed E-state index contributed by atoms with van der Waals surface area (Å²) in [6.07, 6.45) is 5.71. The molecule has 8 heteroatoms. The van der Waals surface area contributed by atoms with E-state index >= 15 is 0 Å². The number of carboxylic acid groups (broad SMARTS) is 1. The molecule has 2 fully saturated rings. The van der Waals surface area contributed by atoms with E-state index in [9.17, 15) is 14.3 Å². The lowest BCUT2D eigenvalue weighted by molar-refractivity contribution is -0.141. The molecule has 4 aromatic rings. The van der Waals surface area contributed by atoms with Crippen LogP contribution in [0.2, 0.25) is 0 Å². The summed E-state index contributed by atoms with van der Waals surface area (Å²) in [6, 6.07) is 9.24. The van der Waals surface area contributed by atoms with Gasteiger partial charge in [-0.1, -0.05) is 0 Å². The molecule has 6 rings (SSSR count). The number of H-pyrrole nitrogens is 1. The van der Waals surface area contributed by atoms with Gasteiger partial charge in [-0.05, 0) is 67.9 Å². The first-order valence-corrected chi connectivity index (χ1v) is 12.2. The third-order valence-electron chi connectivity index (χ3n) is 7.80. The van der Waals surface area contributed by atoms with Crippen LogP contribution in [0.25, 0.3) is 27.5 Å². The molecular formula is C27H28FN3O4. The molecule has 2 aliphatic rings. The number of ether oxygens (including phenoxy) is 2. The largest absolute Gasteiger partial charge is 0.494 e. The van der Waals surface area contributed by atoms with Crippen molar-refractivity contribution in [1.29, 1.82) is 0 Å². The number of hydrogen-bond acceptors (Lipinski definition) is 4. The van der Waals surface area contributed by atoms with Crippen LogP contribution in [0.5, 0.6) is 5.75 Å². The van der Waals surface area contributed by atoms with E-state index in [0.29, 0.717) is 26.1 Å². The first-order chi connectivity index (χ1) is 17.0. The summed E-state index contributed by atoms with van der Waals surface area (Å²) >= 11 is 0. The molecule has 0 bridgehead atoms. The van der Waals surface area contributed by atoms with Crippen LogP contribution in [-0.4, -0.2) is 46.2 Å². The van der Waals surface area contributed by atoms with E-state index in [4.69, 9.17) is 9.47 Å². The van der Waals surface area contributed by atoms with Gasteiger partial charge in [-0.3, -0.25) is 9.89 Å². The van der Waals surface area contributed by atoms with E-state index < -0.39 is 11.8 Å². The van der Waals surface area contributed by atoms with Crippen molar-refractivity contribution < 1.29 is 23.8 Å². The number of rotatable bonds is 5. The average molecular weight is 478 g/mol. The van der Waals surface area contributed by atoms with Crippen LogP contribution in [-0.2, 0) is 9.53 Å². The maximum atomic E-state index is 14.4. The van der Waals surface area contributed by atoms with Crippen molar-refractivity contribution in [2.45, 2.75) is 43.9 Å². The number of halogens is 1. The van der Waals surface area contributed by atoms with Gasteiger partial charge in [0.2, 0.25) is 0 Å². The van der Waals surface area contributed by atoms with Crippen molar-refractivity contribution in [3.05, 3.63) is 53.6 Å². The van der Waals surface area contributed by atoms with Gasteiger partial charge in [0.05, 0.1) is 30.3 Å². The van der Waals surface area contributed by atoms with E-state index in [1.54, 1.807) is 18.3 Å². The summed E-state index contributed by atoms with van der Waals surface area (Å²) in [7, 11) is 1.47. The summed E-state index contributed by atoms with van der Waals surface area (Å²) < 4.78 is 27.6. The van der Waals surface area contributed by atoms with Crippen molar-refractivity contribution in [3.63, 3.8) is 0 Å². The minimum Gasteiger partial charge on any atom is -0.494 e. The van der Waals surface area contributed by atoms with Crippen LogP contribution in [0.15, 0.2) is 36.5 Å². The number of aliphatic carboxylic acids is 1. The molecule has 2 aromatic carbocycles. The number of carboxylic acids is 1. The monoisotopic (exact) mass is 477 g/mol. The highest BCUT2D eigenvalue weighted by Crippen LogP contribution is 2.48. The fourth-order valence-electron chi connectivity index (χ4n) is 6.10. The predicted octanol–water partition coefficient (Wildman–Crippen LogP) is 5.52. The smallest absolute Gasteiger partial charge is 0.306 e. The number of benzene rings is 2. The Hall–Kier alpha value is -3.39. The molecule has 0 radical (unpaired) electrons. The Morgan fingerprint density at radius 3 is 2.74 bits per heavy atom. The van der Waals surface area contributed by atoms with Gasteiger partial charge in [0, 0.05) is 47.4 Å². The Morgan fingerprint density at radius 1 is 1.17 bits per heavy atom. The molecule has 2 atom stereocenters. The molecule has 7 nitrogen and oxygen atoms in total. The molecule has 0 amide bonds. The van der Waals surface area contributed by atoms with Crippen LogP contribution >= 0.6 is 0 Å². The summed E-state index contributed by atoms with van der Waals surface area (Å²) in [6.45, 7) is 1.37. The number of fused-ring (bicyclic) bond motifs is 2. The Balaban J connectivity index is 1.66. The fraction of sp³-hybridized carbons (Fsp3) is 0.407. The van der Waals surface area contributed by atoms with E-state index in [-0.39, 0.29) is 23.5 Å². The molecule has 0 spiro atoms. The van der Waals surface area contributed by atoms with Crippen molar-refractivity contribution >= 4 is 27.8 Å². The zero-order valence-corrected chi connectivity index (χ0v) is 19.6. The van der Waals surface area contributed by atoms with Crippen molar-refractivity contribution in [1.82, 2.24) is 14.8 Å². The van der Waals surface area contributed by atoms with Gasteiger partial charge < -0.3 is 19.1 Å². The van der Waals surface area contributed by atoms with E-state index in [1.165, 1.54) is 24.4 Å². The van der Waals surface area contributed by atoms with Gasteiger partial charge in [-0.25, -0.2) is 4.39 Å². The van der Waals surface area contributed by atoms with E-state index in [0.717, 1.165) is 46.8 Å². The first kappa shape index (κ1) is 22.1. The van der Waals surface area contributed by atoms with Crippen LogP contribution in [0.4, 0.5) is 4.39 Å². The lowest BCUT2D eigenvalue weighted by Gasteiger charge is -2.27. The molecule has 35 heavy (non-hydrogen) atoms. The molecule has 3 heterocycles. The van der Waals surface area contributed by atoms with Gasteiger partial charge in [0.15, 0.2) is 11.6 Å². The summed E-state index contributed by atoms with van der Waals surface area (Å²) in [4.78, 5) is 11.8. The van der Waals surface area contributed by atoms with Crippen molar-refractivity contribution in [2.24, 2.45) is 5.92 Å². The fourth-order valence-corrected chi connectivity index (χ4v) is 6.10. The minimum atomic E-state index is -0.719. The minimum absolute atomic E-state index is 0.139. The van der Waals surface area contributed by atoms with Crippen LogP contribution in [0.1, 0.15) is 55.2 Å². The standard InChI is InChI=1S/C27H28FN3O4/c1-34-24-12-19(4-5-21(24)28)31-23-11-18-14-29-30-22(18)13-20(23)25(16-2-3-17(10-16)27(32)33)26(31)15-6-8-35-9-7-15/h4-5,11-17H,2-3,6-10H2,1H3,(H,29,30)(H,32,33)/t16-,17?/m1/s1. The van der Waals surface area contributed by atoms with Gasteiger partial charge in [0.1, 0.15) is 0 Å². The summed E-state index contributed by atoms with van der Waals surface area (Å²) in [5.74, 6) is -0.869. The van der Waals surface area contributed by atoms with Crippen LogP contribution in [0, 0.1) is 11.7 Å². The van der Waals surface area contributed by atoms with Gasteiger partial charge in [-0.15, -0.1) is 0 Å².